The van der Waals surface area contributed by atoms with Crippen molar-refractivity contribution in [2.75, 3.05) is 44.7 Å². The van der Waals surface area contributed by atoms with Crippen LogP contribution in [0.1, 0.15) is 40.6 Å². The number of nitrogens with one attached hydrogen (secondary N) is 1. The zero-order chi connectivity index (χ0) is 29.0. The summed E-state index contributed by atoms with van der Waals surface area (Å²) in [6, 6.07) is 17.3. The number of thiophene rings is 1. The fraction of sp³-hybridized carbons (Fsp3) is 0.400. The maximum Gasteiger partial charge on any atom is 0.308 e. The van der Waals surface area contributed by atoms with Crippen molar-refractivity contribution < 1.29 is 27.5 Å². The molecule has 2 aliphatic rings. The molecule has 0 atom stereocenters. The van der Waals surface area contributed by atoms with Crippen LogP contribution >= 0.6 is 11.3 Å². The number of carbonyl (C=O) groups is 2. The second kappa shape index (κ2) is 12.7. The monoisotopic (exact) mass is 597 g/mol. The number of rotatable bonds is 8. The van der Waals surface area contributed by atoms with E-state index in [9.17, 15) is 18.0 Å². The fourth-order valence-corrected chi connectivity index (χ4v) is 7.99. The van der Waals surface area contributed by atoms with Gasteiger partial charge in [0.15, 0.2) is 5.75 Å². The molecule has 5 rings (SSSR count). The topological polar surface area (TPSA) is 105 Å². The van der Waals surface area contributed by atoms with Crippen molar-refractivity contribution in [1.82, 2.24) is 9.21 Å². The molecule has 2 fully saturated rings. The predicted octanol–water partition coefficient (Wildman–Crippen LogP) is 4.53. The van der Waals surface area contributed by atoms with Gasteiger partial charge in [0.2, 0.25) is 10.0 Å². The van der Waals surface area contributed by atoms with Crippen LogP contribution in [0.4, 0.5) is 5.69 Å². The molecule has 11 heteroatoms. The highest BCUT2D eigenvalue weighted by Crippen LogP contribution is 2.43. The van der Waals surface area contributed by atoms with E-state index in [1.165, 1.54) is 18.3 Å². The number of morpholine rings is 1. The molecule has 2 aromatic carbocycles. The second-order valence-electron chi connectivity index (χ2n) is 10.4. The van der Waals surface area contributed by atoms with Crippen LogP contribution < -0.4 is 10.1 Å². The highest BCUT2D eigenvalue weighted by atomic mass is 32.2. The van der Waals surface area contributed by atoms with Crippen LogP contribution in [-0.4, -0.2) is 74.9 Å². The van der Waals surface area contributed by atoms with Crippen molar-refractivity contribution >= 4 is 38.9 Å². The Hall–Kier alpha value is -3.25. The number of esters is 1. The lowest BCUT2D eigenvalue weighted by Gasteiger charge is -2.32. The lowest BCUT2D eigenvalue weighted by Crippen LogP contribution is -2.42. The van der Waals surface area contributed by atoms with E-state index in [2.05, 4.69) is 5.32 Å². The summed E-state index contributed by atoms with van der Waals surface area (Å²) in [5.41, 5.74) is 3.36. The minimum Gasteiger partial charge on any atom is -0.425 e. The third-order valence-electron chi connectivity index (χ3n) is 7.36. The zero-order valence-electron chi connectivity index (χ0n) is 23.3. The molecule has 1 amide bonds. The SMILES string of the molecule is CC(=O)Oc1c(C(=O)N2CCOCC2)sc(-c2cccc(NC3CCN(S(=O)(=O)Cc4ccccc4)CC3)c2)c1C. The molecule has 0 saturated carbocycles. The molecule has 9 nitrogen and oxygen atoms in total. The summed E-state index contributed by atoms with van der Waals surface area (Å²) < 4.78 is 38.4. The summed E-state index contributed by atoms with van der Waals surface area (Å²) in [7, 11) is -3.37. The molecule has 1 N–H and O–H groups in total. The van der Waals surface area contributed by atoms with Crippen molar-refractivity contribution in [2.24, 2.45) is 0 Å². The van der Waals surface area contributed by atoms with Gasteiger partial charge >= 0.3 is 5.97 Å². The van der Waals surface area contributed by atoms with E-state index >= 15 is 0 Å². The van der Waals surface area contributed by atoms with E-state index in [0.717, 1.165) is 27.3 Å². The average molecular weight is 598 g/mol. The van der Waals surface area contributed by atoms with E-state index in [0.29, 0.717) is 62.9 Å². The summed E-state index contributed by atoms with van der Waals surface area (Å²) in [6.45, 7) is 6.10. The van der Waals surface area contributed by atoms with Crippen LogP contribution in [0.2, 0.25) is 0 Å². The van der Waals surface area contributed by atoms with Crippen molar-refractivity contribution in [3.05, 3.63) is 70.6 Å². The van der Waals surface area contributed by atoms with Gasteiger partial charge in [0, 0.05) is 55.3 Å². The van der Waals surface area contributed by atoms with Gasteiger partial charge < -0.3 is 19.7 Å². The van der Waals surface area contributed by atoms with E-state index in [-0.39, 0.29) is 17.7 Å². The lowest BCUT2D eigenvalue weighted by molar-refractivity contribution is -0.131. The molecule has 0 spiro atoms. The molecule has 1 aromatic heterocycles. The number of piperidine rings is 1. The predicted molar refractivity (Wildman–Crippen MR) is 160 cm³/mol. The first-order valence-corrected chi connectivity index (χ1v) is 16.2. The normalized spacial score (nSPS) is 16.9. The molecule has 3 heterocycles. The minimum absolute atomic E-state index is 0.0134. The molecule has 0 aliphatic carbocycles. The first kappa shape index (κ1) is 29.2. The van der Waals surface area contributed by atoms with E-state index in [1.807, 2.05) is 61.5 Å². The fourth-order valence-electron chi connectivity index (χ4n) is 5.23. The Morgan fingerprint density at radius 1 is 1.02 bits per heavy atom. The Morgan fingerprint density at radius 2 is 1.73 bits per heavy atom. The van der Waals surface area contributed by atoms with Crippen LogP contribution in [0.25, 0.3) is 10.4 Å². The highest BCUT2D eigenvalue weighted by molar-refractivity contribution is 7.88. The standard InChI is InChI=1S/C30H35N3O6S2/c1-21-27(39-22(2)34)29(30(35)32-15-17-38-18-16-32)40-28(21)24-9-6-10-26(19-24)31-25-11-13-33(14-12-25)41(36,37)20-23-7-4-3-5-8-23/h3-10,19,25,31H,11-18,20H2,1-2H3. The van der Waals surface area contributed by atoms with Gasteiger partial charge in [-0.2, -0.15) is 0 Å². The summed E-state index contributed by atoms with van der Waals surface area (Å²) in [6.07, 6.45) is 1.40. The smallest absolute Gasteiger partial charge is 0.308 e. The number of hydrogen-bond donors (Lipinski definition) is 1. The molecule has 218 valence electrons. The lowest BCUT2D eigenvalue weighted by atomic mass is 10.0. The van der Waals surface area contributed by atoms with E-state index < -0.39 is 16.0 Å². The minimum atomic E-state index is -3.37. The van der Waals surface area contributed by atoms with Crippen LogP contribution in [0.3, 0.4) is 0 Å². The van der Waals surface area contributed by atoms with Gasteiger partial charge in [-0.3, -0.25) is 9.59 Å². The molecular weight excluding hydrogens is 562 g/mol. The largest absolute Gasteiger partial charge is 0.425 e. The maximum atomic E-state index is 13.4. The van der Waals surface area contributed by atoms with Crippen LogP contribution in [0, 0.1) is 6.92 Å². The van der Waals surface area contributed by atoms with Crippen LogP contribution in [-0.2, 0) is 25.3 Å². The zero-order valence-corrected chi connectivity index (χ0v) is 24.9. The average Bonchev–Trinajstić information content (AvgIpc) is 3.29. The van der Waals surface area contributed by atoms with Crippen LogP contribution in [0.5, 0.6) is 5.75 Å². The summed E-state index contributed by atoms with van der Waals surface area (Å²) in [5, 5.41) is 3.57. The Bertz CT molecular complexity index is 1490. The number of ether oxygens (including phenoxy) is 2. The van der Waals surface area contributed by atoms with Gasteiger partial charge in [-0.05, 0) is 43.0 Å². The van der Waals surface area contributed by atoms with E-state index in [1.54, 1.807) is 9.21 Å². The first-order chi connectivity index (χ1) is 19.7. The van der Waals surface area contributed by atoms with Gasteiger partial charge in [0.05, 0.1) is 19.0 Å². The Labute approximate surface area is 245 Å². The van der Waals surface area contributed by atoms with E-state index in [4.69, 9.17) is 9.47 Å². The molecule has 0 radical (unpaired) electrons. The van der Waals surface area contributed by atoms with Crippen molar-refractivity contribution in [3.8, 4) is 16.2 Å². The summed E-state index contributed by atoms with van der Waals surface area (Å²) >= 11 is 1.33. The Balaban J connectivity index is 1.28. The molecular formula is C30H35N3O6S2. The third-order valence-corrected chi connectivity index (χ3v) is 10.5. The number of carbonyl (C=O) groups excluding carboxylic acids is 2. The number of sulfonamides is 1. The van der Waals surface area contributed by atoms with Crippen molar-refractivity contribution in [2.45, 2.75) is 38.5 Å². The molecule has 0 unspecified atom stereocenters. The van der Waals surface area contributed by atoms with Gasteiger partial charge in [-0.25, -0.2) is 12.7 Å². The highest BCUT2D eigenvalue weighted by Gasteiger charge is 2.30. The molecule has 2 saturated heterocycles. The van der Waals surface area contributed by atoms with Gasteiger partial charge in [0.25, 0.3) is 5.91 Å². The Morgan fingerprint density at radius 3 is 2.41 bits per heavy atom. The van der Waals surface area contributed by atoms with Gasteiger partial charge in [-0.1, -0.05) is 42.5 Å². The number of anilines is 1. The maximum absolute atomic E-state index is 13.4. The van der Waals surface area contributed by atoms with Gasteiger partial charge in [-0.15, -0.1) is 11.3 Å². The number of benzene rings is 2. The number of hydrogen-bond acceptors (Lipinski definition) is 8. The van der Waals surface area contributed by atoms with Crippen molar-refractivity contribution in [3.63, 3.8) is 0 Å². The number of nitrogens with zero attached hydrogens (tertiary/aromatic N) is 2. The molecule has 0 bridgehead atoms. The van der Waals surface area contributed by atoms with Crippen molar-refractivity contribution in [1.29, 1.82) is 0 Å². The molecule has 3 aromatic rings. The summed E-state index contributed by atoms with van der Waals surface area (Å²) in [5.74, 6) is -0.302. The third kappa shape index (κ3) is 6.98. The quantitative estimate of drug-likeness (QED) is 0.381. The molecule has 41 heavy (non-hydrogen) atoms. The molecule has 2 aliphatic heterocycles. The summed E-state index contributed by atoms with van der Waals surface area (Å²) in [4.78, 5) is 28.3. The Kier molecular flexibility index (Phi) is 9.08. The number of amides is 1. The van der Waals surface area contributed by atoms with Gasteiger partial charge in [0.1, 0.15) is 4.88 Å². The van der Waals surface area contributed by atoms with Crippen LogP contribution in [0.15, 0.2) is 54.6 Å². The first-order valence-electron chi connectivity index (χ1n) is 13.8. The second-order valence-corrected chi connectivity index (χ2v) is 13.3.